The summed E-state index contributed by atoms with van der Waals surface area (Å²) < 4.78 is 0. The van der Waals surface area contributed by atoms with E-state index >= 15 is 0 Å². The van der Waals surface area contributed by atoms with Gasteiger partial charge < -0.3 is 9.80 Å². The molecule has 0 amide bonds. The minimum Gasteiger partial charge on any atom is -0.369 e. The van der Waals surface area contributed by atoms with E-state index in [-0.39, 0.29) is 0 Å². The van der Waals surface area contributed by atoms with Gasteiger partial charge in [-0.2, -0.15) is 0 Å². The quantitative estimate of drug-likeness (QED) is 0.719. The predicted octanol–water partition coefficient (Wildman–Crippen LogP) is 4.16. The molecule has 0 spiro atoms. The van der Waals surface area contributed by atoms with Gasteiger partial charge in [0.25, 0.3) is 0 Å². The van der Waals surface area contributed by atoms with Crippen LogP contribution in [0.4, 0.5) is 5.69 Å². The van der Waals surface area contributed by atoms with Crippen molar-refractivity contribution in [2.24, 2.45) is 0 Å². The summed E-state index contributed by atoms with van der Waals surface area (Å²) in [5.41, 5.74) is 4.54. The summed E-state index contributed by atoms with van der Waals surface area (Å²) in [6, 6.07) is 21.2. The van der Waals surface area contributed by atoms with Crippen LogP contribution in [0.1, 0.15) is 11.3 Å². The van der Waals surface area contributed by atoms with Gasteiger partial charge in [0.05, 0.1) is 11.2 Å². The zero-order valence-electron chi connectivity index (χ0n) is 14.6. The molecule has 1 fully saturated rings. The van der Waals surface area contributed by atoms with Crippen LogP contribution >= 0.6 is 0 Å². The monoisotopic (exact) mass is 329 g/mol. The van der Waals surface area contributed by atoms with Crippen LogP contribution in [0.15, 0.2) is 60.7 Å². The highest BCUT2D eigenvalue weighted by Crippen LogP contribution is 2.19. The highest BCUT2D eigenvalue weighted by atomic mass is 15.2. The first kappa shape index (κ1) is 15.9. The average Bonchev–Trinajstić information content (AvgIpc) is 2.67. The van der Waals surface area contributed by atoms with Crippen LogP contribution in [0.5, 0.6) is 0 Å². The highest BCUT2D eigenvalue weighted by Gasteiger charge is 2.13. The predicted molar refractivity (Wildman–Crippen MR) is 107 cm³/mol. The molecule has 3 aromatic rings. The lowest BCUT2D eigenvalue weighted by atomic mass is 10.1. The van der Waals surface area contributed by atoms with Gasteiger partial charge in [-0.25, -0.2) is 4.98 Å². The van der Waals surface area contributed by atoms with E-state index in [9.17, 15) is 0 Å². The van der Waals surface area contributed by atoms with Crippen molar-refractivity contribution < 1.29 is 0 Å². The molecule has 2 aromatic carbocycles. The number of fused-ring (bicyclic) bond motifs is 1. The van der Waals surface area contributed by atoms with Crippen molar-refractivity contribution in [2.75, 3.05) is 38.1 Å². The van der Waals surface area contributed by atoms with Crippen molar-refractivity contribution in [3.8, 4) is 0 Å². The molecule has 0 saturated carbocycles. The van der Waals surface area contributed by atoms with Gasteiger partial charge in [-0.1, -0.05) is 42.5 Å². The molecule has 1 saturated heterocycles. The first-order valence-electron chi connectivity index (χ1n) is 8.85. The summed E-state index contributed by atoms with van der Waals surface area (Å²) in [5, 5.41) is 1.18. The summed E-state index contributed by atoms with van der Waals surface area (Å²) in [4.78, 5) is 9.52. The highest BCUT2D eigenvalue weighted by molar-refractivity contribution is 5.80. The number of likely N-dealkylation sites (N-methyl/N-ethyl adjacent to an activating group) is 1. The van der Waals surface area contributed by atoms with Gasteiger partial charge in [0, 0.05) is 37.3 Å². The molecule has 3 nitrogen and oxygen atoms in total. The van der Waals surface area contributed by atoms with E-state index in [0.29, 0.717) is 0 Å². The second-order valence-corrected chi connectivity index (χ2v) is 6.64. The number of rotatable bonds is 3. The number of aromatic nitrogens is 1. The second kappa shape index (κ2) is 7.08. The van der Waals surface area contributed by atoms with E-state index in [4.69, 9.17) is 0 Å². The lowest BCUT2D eigenvalue weighted by molar-refractivity contribution is 0.313. The van der Waals surface area contributed by atoms with Crippen LogP contribution in [0.2, 0.25) is 0 Å². The molecule has 25 heavy (non-hydrogen) atoms. The maximum Gasteiger partial charge on any atom is 0.0709 e. The largest absolute Gasteiger partial charge is 0.369 e. The third-order valence-electron chi connectivity index (χ3n) is 4.83. The minimum atomic E-state index is 0.988. The van der Waals surface area contributed by atoms with Gasteiger partial charge in [0.1, 0.15) is 0 Å². The minimum absolute atomic E-state index is 0.988. The molecule has 1 aliphatic rings. The zero-order chi connectivity index (χ0) is 17.1. The summed E-state index contributed by atoms with van der Waals surface area (Å²) in [6.45, 7) is 4.48. The Labute approximate surface area is 149 Å². The molecule has 0 atom stereocenters. The fourth-order valence-corrected chi connectivity index (χ4v) is 3.22. The smallest absolute Gasteiger partial charge is 0.0709 e. The molecule has 3 heteroatoms. The molecule has 0 unspecified atom stereocenters. The Morgan fingerprint density at radius 2 is 1.56 bits per heavy atom. The molecular formula is C22H23N3. The first-order valence-corrected chi connectivity index (χ1v) is 8.85. The molecule has 0 radical (unpaired) electrons. The summed E-state index contributed by atoms with van der Waals surface area (Å²) in [6.07, 6.45) is 4.21. The van der Waals surface area contributed by atoms with Crippen LogP contribution in [0.3, 0.4) is 0 Å². The summed E-state index contributed by atoms with van der Waals surface area (Å²) in [7, 11) is 2.19. The Morgan fingerprint density at radius 1 is 0.800 bits per heavy atom. The fraction of sp³-hybridized carbons (Fsp3) is 0.227. The molecule has 1 aromatic heterocycles. The number of pyridine rings is 1. The van der Waals surface area contributed by atoms with Crippen molar-refractivity contribution >= 4 is 28.7 Å². The molecule has 2 heterocycles. The first-order chi connectivity index (χ1) is 12.3. The number of piperazine rings is 1. The Bertz CT molecular complexity index is 875. The van der Waals surface area contributed by atoms with Crippen molar-refractivity contribution in [3.63, 3.8) is 0 Å². The topological polar surface area (TPSA) is 19.4 Å². The Hall–Kier alpha value is -2.65. The van der Waals surface area contributed by atoms with Crippen molar-refractivity contribution in [1.29, 1.82) is 0 Å². The van der Waals surface area contributed by atoms with Crippen molar-refractivity contribution in [3.05, 3.63) is 71.9 Å². The number of hydrogen-bond donors (Lipinski definition) is 0. The maximum absolute atomic E-state index is 4.69. The molecule has 1 aliphatic heterocycles. The number of benzene rings is 2. The Morgan fingerprint density at radius 3 is 2.36 bits per heavy atom. The van der Waals surface area contributed by atoms with Crippen LogP contribution in [0, 0.1) is 0 Å². The van der Waals surface area contributed by atoms with Gasteiger partial charge in [-0.05, 0) is 43.0 Å². The summed E-state index contributed by atoms with van der Waals surface area (Å²) in [5.74, 6) is 0. The lowest BCUT2D eigenvalue weighted by Crippen LogP contribution is -2.44. The molecule has 0 N–H and O–H groups in total. The molecule has 4 rings (SSSR count). The molecule has 0 aliphatic carbocycles. The van der Waals surface area contributed by atoms with Gasteiger partial charge in [-0.15, -0.1) is 0 Å². The number of hydrogen-bond acceptors (Lipinski definition) is 3. The van der Waals surface area contributed by atoms with E-state index in [1.54, 1.807) is 0 Å². The van der Waals surface area contributed by atoms with Gasteiger partial charge in [0.15, 0.2) is 0 Å². The number of para-hydroxylation sites is 1. The average molecular weight is 329 g/mol. The van der Waals surface area contributed by atoms with Crippen molar-refractivity contribution in [2.45, 2.75) is 0 Å². The van der Waals surface area contributed by atoms with E-state index in [1.165, 1.54) is 16.6 Å². The Kier molecular flexibility index (Phi) is 4.49. The molecule has 126 valence electrons. The third kappa shape index (κ3) is 3.72. The standard InChI is InChI=1S/C22H23N3/c1-24-14-16-25(17-15-24)21-12-7-18(8-13-21)6-10-20-11-9-19-4-2-3-5-22(19)23-20/h2-13H,14-17H2,1H3. The van der Waals surface area contributed by atoms with Crippen LogP contribution in [-0.2, 0) is 0 Å². The van der Waals surface area contributed by atoms with Gasteiger partial charge >= 0.3 is 0 Å². The number of nitrogens with zero attached hydrogens (tertiary/aromatic N) is 3. The number of anilines is 1. The third-order valence-corrected chi connectivity index (χ3v) is 4.83. The fourth-order valence-electron chi connectivity index (χ4n) is 3.22. The SMILES string of the molecule is CN1CCN(c2ccc(C=Cc3ccc4ccccc4n3)cc2)CC1. The van der Waals surface area contributed by atoms with Gasteiger partial charge in [0.2, 0.25) is 0 Å². The van der Waals surface area contributed by atoms with Crippen LogP contribution in [0.25, 0.3) is 23.1 Å². The van der Waals surface area contributed by atoms with Crippen LogP contribution < -0.4 is 4.90 Å². The summed E-state index contributed by atoms with van der Waals surface area (Å²) >= 11 is 0. The Balaban J connectivity index is 1.47. The van der Waals surface area contributed by atoms with E-state index in [1.807, 2.05) is 12.1 Å². The van der Waals surface area contributed by atoms with E-state index < -0.39 is 0 Å². The molecular weight excluding hydrogens is 306 g/mol. The molecule has 0 bridgehead atoms. The van der Waals surface area contributed by atoms with Crippen LogP contribution in [-0.4, -0.2) is 43.1 Å². The van der Waals surface area contributed by atoms with E-state index in [0.717, 1.165) is 37.4 Å². The second-order valence-electron chi connectivity index (χ2n) is 6.64. The lowest BCUT2D eigenvalue weighted by Gasteiger charge is -2.34. The zero-order valence-corrected chi connectivity index (χ0v) is 14.6. The van der Waals surface area contributed by atoms with Crippen molar-refractivity contribution in [1.82, 2.24) is 9.88 Å². The van der Waals surface area contributed by atoms with Gasteiger partial charge in [-0.3, -0.25) is 0 Å². The normalized spacial score (nSPS) is 16.0. The maximum atomic E-state index is 4.69. The van der Waals surface area contributed by atoms with E-state index in [2.05, 4.69) is 82.5 Å².